The fourth-order valence-electron chi connectivity index (χ4n) is 3.72. The largest absolute Gasteiger partial charge is 1.00 e. The average molecular weight is 441 g/mol. The van der Waals surface area contributed by atoms with Crippen LogP contribution in [0.25, 0.3) is 22.5 Å². The summed E-state index contributed by atoms with van der Waals surface area (Å²) >= 11 is 0. The standard InChI is InChI=1S/C24H27N5O.K/c1-18-6-4-7-21(27-18)24-23(22-8-5-15-29(22)28-24)19-9-11-20(12-10-19)26-14-17-30-16-3-2-13-25;/h4,6-7,9-12,14H,2-3,5,8,13,15-16,25H2,1H3;/q-2;+1. The second-order valence-corrected chi connectivity index (χ2v) is 7.43. The molecule has 0 atom stereocenters. The van der Waals surface area contributed by atoms with E-state index >= 15 is 0 Å². The number of aryl methyl sites for hydroxylation is 2. The quantitative estimate of drug-likeness (QED) is 0.240. The molecular weight excluding hydrogens is 413 g/mol. The zero-order valence-corrected chi connectivity index (χ0v) is 21.5. The number of pyridine rings is 1. The minimum absolute atomic E-state index is 0. The van der Waals surface area contributed by atoms with Crippen molar-refractivity contribution in [1.29, 1.82) is 0 Å². The zero-order chi connectivity index (χ0) is 20.8. The third kappa shape index (κ3) is 6.06. The number of rotatable bonds is 8. The molecule has 7 heteroatoms. The first-order valence-electron chi connectivity index (χ1n) is 10.5. The maximum Gasteiger partial charge on any atom is 1.00 e. The first-order chi connectivity index (χ1) is 14.8. The average Bonchev–Trinajstić information content (AvgIpc) is 3.35. The third-order valence-electron chi connectivity index (χ3n) is 5.18. The van der Waals surface area contributed by atoms with Gasteiger partial charge in [0.1, 0.15) is 5.69 Å². The van der Waals surface area contributed by atoms with Crippen LogP contribution in [0.3, 0.4) is 0 Å². The van der Waals surface area contributed by atoms with Gasteiger partial charge in [0.25, 0.3) is 0 Å². The molecule has 3 heterocycles. The SMILES string of the molecule is Cc1cccc(-c2nn3c(c2-c2ccc(=NC=[C-]OCCCCN)[cH-]c2)CCC3)n1.[K+]. The fraction of sp³-hybridized carbons (Fsp3) is 0.333. The van der Waals surface area contributed by atoms with Gasteiger partial charge in [-0.2, -0.15) is 17.2 Å². The van der Waals surface area contributed by atoms with Crippen LogP contribution in [0.1, 0.15) is 30.7 Å². The van der Waals surface area contributed by atoms with Crippen LogP contribution >= 0.6 is 0 Å². The maximum absolute atomic E-state index is 5.46. The number of hydrogen-bond donors (Lipinski definition) is 1. The van der Waals surface area contributed by atoms with E-state index in [-0.39, 0.29) is 51.4 Å². The third-order valence-corrected chi connectivity index (χ3v) is 5.18. The number of nitrogens with two attached hydrogens (primary N) is 1. The van der Waals surface area contributed by atoms with E-state index in [2.05, 4.69) is 28.1 Å². The van der Waals surface area contributed by atoms with Gasteiger partial charge in [0.2, 0.25) is 0 Å². The molecule has 0 spiro atoms. The topological polar surface area (TPSA) is 78.3 Å². The Hall–Kier alpha value is -1.48. The molecule has 3 aromatic rings. The van der Waals surface area contributed by atoms with E-state index in [0.29, 0.717) is 13.2 Å². The molecular formula is C24H27KN5O-. The van der Waals surface area contributed by atoms with Crippen LogP contribution in [0.4, 0.5) is 0 Å². The predicted molar refractivity (Wildman–Crippen MR) is 117 cm³/mol. The summed E-state index contributed by atoms with van der Waals surface area (Å²) in [5, 5.41) is 5.74. The van der Waals surface area contributed by atoms with Crippen molar-refractivity contribution in [2.24, 2.45) is 10.7 Å². The van der Waals surface area contributed by atoms with Gasteiger partial charge in [-0.05, 0) is 62.2 Å². The molecule has 2 N–H and O–H groups in total. The van der Waals surface area contributed by atoms with Crippen molar-refractivity contribution >= 4 is 0 Å². The van der Waals surface area contributed by atoms with Crippen LogP contribution in [0.5, 0.6) is 0 Å². The first kappa shape index (κ1) is 24.2. The van der Waals surface area contributed by atoms with Crippen molar-refractivity contribution in [2.75, 3.05) is 13.2 Å². The van der Waals surface area contributed by atoms with Crippen molar-refractivity contribution in [3.8, 4) is 22.5 Å². The van der Waals surface area contributed by atoms with Gasteiger partial charge in [0.15, 0.2) is 0 Å². The second-order valence-electron chi connectivity index (χ2n) is 7.43. The maximum atomic E-state index is 5.46. The summed E-state index contributed by atoms with van der Waals surface area (Å²) < 4.78 is 7.42. The number of hydrogen-bond acceptors (Lipinski definition) is 5. The molecule has 1 aromatic carbocycles. The summed E-state index contributed by atoms with van der Waals surface area (Å²) in [6.45, 7) is 4.28. The number of ether oxygens (including phenoxy) is 1. The van der Waals surface area contributed by atoms with Gasteiger partial charge in [-0.3, -0.25) is 15.9 Å². The monoisotopic (exact) mass is 440 g/mol. The Morgan fingerprint density at radius 1 is 1.29 bits per heavy atom. The predicted octanol–water partition coefficient (Wildman–Crippen LogP) is 0.520. The first-order valence-corrected chi connectivity index (χ1v) is 10.5. The van der Waals surface area contributed by atoms with Gasteiger partial charge in [-0.1, -0.05) is 6.07 Å². The van der Waals surface area contributed by atoms with Crippen LogP contribution in [0, 0.1) is 13.2 Å². The molecule has 31 heavy (non-hydrogen) atoms. The Kier molecular flexibility index (Phi) is 9.31. The Morgan fingerprint density at radius 3 is 2.97 bits per heavy atom. The van der Waals surface area contributed by atoms with Crippen molar-refractivity contribution in [3.63, 3.8) is 0 Å². The molecule has 0 fully saturated rings. The van der Waals surface area contributed by atoms with E-state index in [9.17, 15) is 0 Å². The van der Waals surface area contributed by atoms with E-state index in [1.165, 1.54) is 11.3 Å². The van der Waals surface area contributed by atoms with Crippen LogP contribution in [-0.2, 0) is 17.7 Å². The van der Waals surface area contributed by atoms with Crippen molar-refractivity contribution < 1.29 is 56.1 Å². The molecule has 0 radical (unpaired) electrons. The van der Waals surface area contributed by atoms with E-state index < -0.39 is 0 Å². The molecule has 0 bridgehead atoms. The fourth-order valence-corrected chi connectivity index (χ4v) is 3.72. The summed E-state index contributed by atoms with van der Waals surface area (Å²) in [5.41, 5.74) is 11.9. The van der Waals surface area contributed by atoms with Gasteiger partial charge in [-0.15, -0.1) is 23.9 Å². The number of aromatic nitrogens is 3. The summed E-state index contributed by atoms with van der Waals surface area (Å²) in [5.74, 6) is 0. The molecule has 4 rings (SSSR count). The van der Waals surface area contributed by atoms with Crippen molar-refractivity contribution in [1.82, 2.24) is 14.8 Å². The minimum atomic E-state index is 0. The van der Waals surface area contributed by atoms with E-state index in [0.717, 1.165) is 60.2 Å². The van der Waals surface area contributed by atoms with Gasteiger partial charge in [0.05, 0.1) is 5.69 Å². The van der Waals surface area contributed by atoms with Gasteiger partial charge in [0, 0.05) is 24.5 Å². The number of nitrogens with zero attached hydrogens (tertiary/aromatic N) is 4. The number of fused-ring (bicyclic) bond motifs is 1. The molecule has 156 valence electrons. The Labute approximate surface area is 226 Å². The summed E-state index contributed by atoms with van der Waals surface area (Å²) in [7, 11) is 0. The summed E-state index contributed by atoms with van der Waals surface area (Å²) in [6.07, 6.45) is 8.38. The van der Waals surface area contributed by atoms with Crippen LogP contribution in [0.2, 0.25) is 0 Å². The molecule has 0 aliphatic carbocycles. The summed E-state index contributed by atoms with van der Waals surface area (Å²) in [6, 6.07) is 14.3. The molecule has 1 aliphatic rings. The van der Waals surface area contributed by atoms with Gasteiger partial charge in [-0.25, -0.2) is 0 Å². The van der Waals surface area contributed by atoms with Gasteiger partial charge >= 0.3 is 51.4 Å². The normalized spacial score (nSPS) is 12.6. The van der Waals surface area contributed by atoms with E-state index in [1.54, 1.807) is 6.20 Å². The molecule has 0 amide bonds. The van der Waals surface area contributed by atoms with E-state index in [1.807, 2.05) is 37.3 Å². The van der Waals surface area contributed by atoms with Crippen LogP contribution in [-0.4, -0.2) is 27.9 Å². The molecule has 0 unspecified atom stereocenters. The Bertz CT molecular complexity index is 1080. The van der Waals surface area contributed by atoms with Crippen molar-refractivity contribution in [3.05, 3.63) is 71.7 Å². The van der Waals surface area contributed by atoms with Crippen LogP contribution < -0.4 is 62.5 Å². The molecule has 2 aromatic heterocycles. The summed E-state index contributed by atoms with van der Waals surface area (Å²) in [4.78, 5) is 9.10. The molecule has 0 saturated heterocycles. The minimum Gasteiger partial charge on any atom is -0.691 e. The number of benzene rings is 1. The Morgan fingerprint density at radius 2 is 2.19 bits per heavy atom. The smallest absolute Gasteiger partial charge is 0.691 e. The van der Waals surface area contributed by atoms with E-state index in [4.69, 9.17) is 20.6 Å². The van der Waals surface area contributed by atoms with Crippen LogP contribution in [0.15, 0.2) is 53.7 Å². The van der Waals surface area contributed by atoms with Gasteiger partial charge < -0.3 is 15.5 Å². The number of unbranched alkanes of at least 4 members (excludes halogenated alkanes) is 1. The Balaban J connectivity index is 0.00000272. The second kappa shape index (κ2) is 11.9. The zero-order valence-electron chi connectivity index (χ0n) is 18.3. The molecule has 0 saturated carbocycles. The molecule has 1 aliphatic heterocycles. The molecule has 6 nitrogen and oxygen atoms in total. The van der Waals surface area contributed by atoms with Crippen molar-refractivity contribution in [2.45, 2.75) is 39.2 Å².